The molecule has 2 nitrogen and oxygen atoms in total. The minimum absolute atomic E-state index is 0.145. The molecule has 0 bridgehead atoms. The van der Waals surface area contributed by atoms with Gasteiger partial charge < -0.3 is 4.74 Å². The fourth-order valence-corrected chi connectivity index (χ4v) is 2.81. The lowest BCUT2D eigenvalue weighted by molar-refractivity contribution is 0.369. The van der Waals surface area contributed by atoms with Gasteiger partial charge in [0, 0.05) is 20.6 Å². The van der Waals surface area contributed by atoms with Crippen molar-refractivity contribution in [1.82, 2.24) is 0 Å². The monoisotopic (exact) mass is 405 g/mol. The molecule has 0 unspecified atom stereocenters. The summed E-state index contributed by atoms with van der Waals surface area (Å²) in [6.07, 6.45) is 6.93. The zero-order valence-electron chi connectivity index (χ0n) is 11.8. The van der Waals surface area contributed by atoms with Crippen LogP contribution >= 0.6 is 39.1 Å². The van der Waals surface area contributed by atoms with Crippen molar-refractivity contribution in [3.05, 3.63) is 62.0 Å². The molecule has 0 radical (unpaired) electrons. The summed E-state index contributed by atoms with van der Waals surface area (Å²) >= 11 is 15.5. The van der Waals surface area contributed by atoms with Crippen molar-refractivity contribution >= 4 is 50.8 Å². The normalized spacial score (nSPS) is 10.7. The van der Waals surface area contributed by atoms with Crippen molar-refractivity contribution in [3.63, 3.8) is 0 Å². The Morgan fingerprint density at radius 1 is 1.26 bits per heavy atom. The minimum Gasteiger partial charge on any atom is -0.480 e. The molecule has 0 amide bonds. The predicted octanol–water partition coefficient (Wildman–Crippen LogP) is 5.83. The molecular weight excluding hydrogens is 397 g/mol. The maximum absolute atomic E-state index is 9.48. The van der Waals surface area contributed by atoms with Gasteiger partial charge >= 0.3 is 0 Å². The second-order valence-electron chi connectivity index (χ2n) is 4.47. The van der Waals surface area contributed by atoms with Gasteiger partial charge in [-0.15, -0.1) is 6.42 Å². The van der Waals surface area contributed by atoms with Crippen LogP contribution in [0.2, 0.25) is 10.0 Å². The van der Waals surface area contributed by atoms with Gasteiger partial charge in [0.2, 0.25) is 0 Å². The highest BCUT2D eigenvalue weighted by Gasteiger charge is 2.10. The Hall–Kier alpha value is -1.91. The summed E-state index contributed by atoms with van der Waals surface area (Å²) in [5.41, 5.74) is 1.72. The Morgan fingerprint density at radius 2 is 2.04 bits per heavy atom. The molecule has 0 fully saturated rings. The van der Waals surface area contributed by atoms with Gasteiger partial charge in [0.05, 0.1) is 16.7 Å². The molecule has 0 spiro atoms. The second kappa shape index (κ2) is 8.09. The third kappa shape index (κ3) is 4.53. The molecule has 5 heteroatoms. The van der Waals surface area contributed by atoms with E-state index in [4.69, 9.17) is 34.4 Å². The summed E-state index contributed by atoms with van der Waals surface area (Å²) in [5, 5.41) is 10.4. The first-order valence-corrected chi connectivity index (χ1v) is 8.03. The first kappa shape index (κ1) is 17.4. The lowest BCUT2D eigenvalue weighted by Gasteiger charge is -2.09. The van der Waals surface area contributed by atoms with Gasteiger partial charge in [-0.25, -0.2) is 0 Å². The van der Waals surface area contributed by atoms with E-state index in [1.807, 2.05) is 12.1 Å². The molecule has 2 aromatic carbocycles. The van der Waals surface area contributed by atoms with Crippen molar-refractivity contribution in [2.45, 2.75) is 0 Å². The summed E-state index contributed by atoms with van der Waals surface area (Å²) in [6.45, 7) is 0.145. The number of ether oxygens (including phenoxy) is 1. The first-order chi connectivity index (χ1) is 11.0. The van der Waals surface area contributed by atoms with Crippen molar-refractivity contribution in [3.8, 4) is 24.2 Å². The van der Waals surface area contributed by atoms with Gasteiger partial charge in [-0.05, 0) is 36.4 Å². The Bertz CT molecular complexity index is 847. The third-order valence-electron chi connectivity index (χ3n) is 2.92. The third-order valence-corrected chi connectivity index (χ3v) is 3.97. The number of halogens is 3. The molecule has 2 rings (SSSR count). The van der Waals surface area contributed by atoms with Crippen LogP contribution in [0.1, 0.15) is 11.1 Å². The molecule has 0 N–H and O–H groups in total. The SMILES string of the molecule is C#CCOc1ccc(Br)cc1/C=C(\C#N)c1ccc(Cl)cc1Cl. The standard InChI is InChI=1S/C18H10BrCl2NO/c1-2-7-23-18-6-3-14(19)9-12(18)8-13(11-22)16-5-4-15(20)10-17(16)21/h1,3-6,8-10H,7H2/b13-8+. The highest BCUT2D eigenvalue weighted by molar-refractivity contribution is 9.10. The highest BCUT2D eigenvalue weighted by atomic mass is 79.9. The van der Waals surface area contributed by atoms with Crippen LogP contribution in [0.15, 0.2) is 40.9 Å². The molecule has 0 saturated heterocycles. The number of rotatable bonds is 4. The van der Waals surface area contributed by atoms with Gasteiger partial charge in [0.25, 0.3) is 0 Å². The number of nitriles is 1. The zero-order chi connectivity index (χ0) is 16.8. The van der Waals surface area contributed by atoms with Gasteiger partial charge in [-0.1, -0.05) is 51.1 Å². The van der Waals surface area contributed by atoms with Gasteiger partial charge in [-0.2, -0.15) is 5.26 Å². The van der Waals surface area contributed by atoms with Gasteiger partial charge in [0.1, 0.15) is 12.4 Å². The van der Waals surface area contributed by atoms with E-state index in [-0.39, 0.29) is 6.61 Å². The molecule has 0 heterocycles. The maximum atomic E-state index is 9.48. The van der Waals surface area contributed by atoms with Gasteiger partial charge in [-0.3, -0.25) is 0 Å². The number of benzene rings is 2. The van der Waals surface area contributed by atoms with Crippen molar-refractivity contribution in [2.75, 3.05) is 6.61 Å². The number of hydrogen-bond acceptors (Lipinski definition) is 2. The smallest absolute Gasteiger partial charge is 0.148 e. The van der Waals surface area contributed by atoms with E-state index in [1.165, 1.54) is 0 Å². The molecule has 23 heavy (non-hydrogen) atoms. The number of nitrogens with zero attached hydrogens (tertiary/aromatic N) is 1. The summed E-state index contributed by atoms with van der Waals surface area (Å²) in [7, 11) is 0. The Kier molecular flexibility index (Phi) is 6.13. The largest absolute Gasteiger partial charge is 0.480 e. The van der Waals surface area contributed by atoms with Crippen molar-refractivity contribution in [1.29, 1.82) is 5.26 Å². The average Bonchev–Trinajstić information content (AvgIpc) is 2.52. The molecule has 0 aliphatic rings. The van der Waals surface area contributed by atoms with Crippen LogP contribution in [0.5, 0.6) is 5.75 Å². The van der Waals surface area contributed by atoms with E-state index in [0.29, 0.717) is 26.9 Å². The number of terminal acetylenes is 1. The Labute approximate surface area is 153 Å². The van der Waals surface area contributed by atoms with E-state index in [1.54, 1.807) is 30.3 Å². The summed E-state index contributed by atoms with van der Waals surface area (Å²) in [4.78, 5) is 0. The topological polar surface area (TPSA) is 33.0 Å². The predicted molar refractivity (Wildman–Crippen MR) is 98.4 cm³/mol. The van der Waals surface area contributed by atoms with Crippen LogP contribution in [-0.4, -0.2) is 6.61 Å². The van der Waals surface area contributed by atoms with Crippen molar-refractivity contribution < 1.29 is 4.74 Å². The fourth-order valence-electron chi connectivity index (χ4n) is 1.92. The maximum Gasteiger partial charge on any atom is 0.148 e. The highest BCUT2D eigenvalue weighted by Crippen LogP contribution is 2.31. The van der Waals surface area contributed by atoms with Gasteiger partial charge in [0.15, 0.2) is 0 Å². The molecule has 0 aliphatic carbocycles. The van der Waals surface area contributed by atoms with Crippen LogP contribution in [0.3, 0.4) is 0 Å². The van der Waals surface area contributed by atoms with Crippen molar-refractivity contribution in [2.24, 2.45) is 0 Å². The number of hydrogen-bond donors (Lipinski definition) is 0. The average molecular weight is 407 g/mol. The van der Waals surface area contributed by atoms with Crippen LogP contribution in [-0.2, 0) is 0 Å². The van der Waals surface area contributed by atoms with Crippen LogP contribution < -0.4 is 4.74 Å². The van der Waals surface area contributed by atoms with E-state index in [0.717, 1.165) is 10.0 Å². The summed E-state index contributed by atoms with van der Waals surface area (Å²) in [5.74, 6) is 3.00. The molecule has 114 valence electrons. The lowest BCUT2D eigenvalue weighted by Crippen LogP contribution is -1.96. The Morgan fingerprint density at radius 3 is 2.70 bits per heavy atom. The van der Waals surface area contributed by atoms with E-state index >= 15 is 0 Å². The summed E-state index contributed by atoms with van der Waals surface area (Å²) in [6, 6.07) is 12.6. The lowest BCUT2D eigenvalue weighted by atomic mass is 10.0. The second-order valence-corrected chi connectivity index (χ2v) is 6.23. The fraction of sp³-hybridized carbons (Fsp3) is 0.0556. The molecule has 2 aromatic rings. The van der Waals surface area contributed by atoms with Crippen LogP contribution in [0.4, 0.5) is 0 Å². The first-order valence-electron chi connectivity index (χ1n) is 6.48. The minimum atomic E-state index is 0.145. The molecular formula is C18H10BrCl2NO. The van der Waals surface area contributed by atoms with E-state index < -0.39 is 0 Å². The molecule has 0 aromatic heterocycles. The quantitative estimate of drug-likeness (QED) is 0.363. The molecule has 0 atom stereocenters. The zero-order valence-corrected chi connectivity index (χ0v) is 14.9. The number of allylic oxidation sites excluding steroid dienone is 1. The van der Waals surface area contributed by atoms with Crippen LogP contribution in [0, 0.1) is 23.7 Å². The van der Waals surface area contributed by atoms with E-state index in [2.05, 4.69) is 27.9 Å². The molecule has 0 saturated carbocycles. The van der Waals surface area contributed by atoms with E-state index in [9.17, 15) is 5.26 Å². The molecule has 0 aliphatic heterocycles. The summed E-state index contributed by atoms with van der Waals surface area (Å²) < 4.78 is 6.36. The van der Waals surface area contributed by atoms with Crippen LogP contribution in [0.25, 0.3) is 11.6 Å². The Balaban J connectivity index is 2.52.